The van der Waals surface area contributed by atoms with Crippen molar-refractivity contribution in [3.63, 3.8) is 0 Å². The Kier molecular flexibility index (Phi) is 3.86. The third kappa shape index (κ3) is 2.76. The molecule has 0 saturated heterocycles. The van der Waals surface area contributed by atoms with Crippen LogP contribution >= 0.6 is 0 Å². The molecule has 2 aromatic rings. The Morgan fingerprint density at radius 2 is 1.84 bits per heavy atom. The summed E-state index contributed by atoms with van der Waals surface area (Å²) in [6, 6.07) is 12.8. The number of para-hydroxylation sites is 1. The molecule has 0 aliphatic rings. The van der Waals surface area contributed by atoms with E-state index in [1.807, 2.05) is 56.1 Å². The lowest BCUT2D eigenvalue weighted by Gasteiger charge is -2.25. The number of anilines is 2. The van der Waals surface area contributed by atoms with E-state index in [-0.39, 0.29) is 11.9 Å². The van der Waals surface area contributed by atoms with Crippen LogP contribution in [0.3, 0.4) is 0 Å². The molecule has 0 saturated carbocycles. The average molecular weight is 258 g/mol. The van der Waals surface area contributed by atoms with E-state index >= 15 is 0 Å². The van der Waals surface area contributed by atoms with Crippen LogP contribution in [0.4, 0.5) is 15.8 Å². The van der Waals surface area contributed by atoms with Crippen molar-refractivity contribution < 1.29 is 4.39 Å². The van der Waals surface area contributed by atoms with Crippen molar-refractivity contribution in [2.24, 2.45) is 5.73 Å². The highest BCUT2D eigenvalue weighted by Crippen LogP contribution is 2.32. The molecule has 3 heteroatoms. The van der Waals surface area contributed by atoms with Gasteiger partial charge < -0.3 is 10.6 Å². The second-order valence-corrected chi connectivity index (χ2v) is 4.86. The molecule has 0 bridgehead atoms. The number of nitrogens with zero attached hydrogens (tertiary/aromatic N) is 1. The third-order valence-electron chi connectivity index (χ3n) is 3.23. The van der Waals surface area contributed by atoms with Gasteiger partial charge in [0, 0.05) is 18.8 Å². The van der Waals surface area contributed by atoms with Gasteiger partial charge in [-0.2, -0.15) is 0 Å². The van der Waals surface area contributed by atoms with Gasteiger partial charge in [-0.05, 0) is 43.2 Å². The smallest absolute Gasteiger partial charge is 0.147 e. The summed E-state index contributed by atoms with van der Waals surface area (Å²) in [5.74, 6) is -0.251. The van der Waals surface area contributed by atoms with Gasteiger partial charge in [-0.25, -0.2) is 4.39 Å². The molecule has 0 amide bonds. The van der Waals surface area contributed by atoms with Crippen molar-refractivity contribution in [1.82, 2.24) is 0 Å². The number of hydrogen-bond donors (Lipinski definition) is 1. The van der Waals surface area contributed by atoms with E-state index in [1.165, 1.54) is 6.07 Å². The Morgan fingerprint density at radius 3 is 2.47 bits per heavy atom. The van der Waals surface area contributed by atoms with Gasteiger partial charge in [-0.1, -0.05) is 24.3 Å². The Hall–Kier alpha value is -1.87. The summed E-state index contributed by atoms with van der Waals surface area (Å²) in [7, 11) is 1.86. The van der Waals surface area contributed by atoms with Crippen molar-refractivity contribution in [2.75, 3.05) is 11.9 Å². The number of benzene rings is 2. The zero-order valence-electron chi connectivity index (χ0n) is 11.5. The van der Waals surface area contributed by atoms with Crippen LogP contribution in [0.25, 0.3) is 0 Å². The highest BCUT2D eigenvalue weighted by molar-refractivity contribution is 5.67. The summed E-state index contributed by atoms with van der Waals surface area (Å²) >= 11 is 0. The van der Waals surface area contributed by atoms with Gasteiger partial charge in [0.05, 0.1) is 5.69 Å². The summed E-state index contributed by atoms with van der Waals surface area (Å²) < 4.78 is 14.1. The minimum absolute atomic E-state index is 0.210. The predicted molar refractivity (Wildman–Crippen MR) is 78.2 cm³/mol. The summed E-state index contributed by atoms with van der Waals surface area (Å²) in [6.07, 6.45) is 0. The lowest BCUT2D eigenvalue weighted by atomic mass is 10.0. The Bertz CT molecular complexity index is 579. The molecule has 100 valence electrons. The first-order chi connectivity index (χ1) is 9.00. The van der Waals surface area contributed by atoms with Gasteiger partial charge in [0.15, 0.2) is 0 Å². The minimum atomic E-state index is -0.251. The second kappa shape index (κ2) is 5.41. The maximum atomic E-state index is 14.1. The van der Waals surface area contributed by atoms with Gasteiger partial charge in [0.25, 0.3) is 0 Å². The molecule has 2 nitrogen and oxygen atoms in total. The summed E-state index contributed by atoms with van der Waals surface area (Å²) in [5, 5.41) is 0. The molecule has 1 atom stereocenters. The maximum absolute atomic E-state index is 14.1. The first-order valence-electron chi connectivity index (χ1n) is 6.35. The van der Waals surface area contributed by atoms with E-state index in [0.29, 0.717) is 5.69 Å². The molecule has 0 radical (unpaired) electrons. The van der Waals surface area contributed by atoms with Crippen LogP contribution in [0.15, 0.2) is 42.5 Å². The fraction of sp³-hybridized carbons (Fsp3) is 0.250. The number of nitrogens with two attached hydrogens (primary N) is 1. The van der Waals surface area contributed by atoms with Crippen LogP contribution in [0.2, 0.25) is 0 Å². The van der Waals surface area contributed by atoms with E-state index in [9.17, 15) is 4.39 Å². The first kappa shape index (κ1) is 13.6. The van der Waals surface area contributed by atoms with Gasteiger partial charge >= 0.3 is 0 Å². The topological polar surface area (TPSA) is 29.3 Å². The van der Waals surface area contributed by atoms with E-state index < -0.39 is 0 Å². The van der Waals surface area contributed by atoms with Crippen molar-refractivity contribution in [3.8, 4) is 0 Å². The molecular weight excluding hydrogens is 239 g/mol. The molecule has 0 aliphatic heterocycles. The monoisotopic (exact) mass is 258 g/mol. The SMILES string of the molecule is Cc1cccc(N(C)c2c(F)cccc2[C@H](C)N)c1. The molecule has 2 N–H and O–H groups in total. The summed E-state index contributed by atoms with van der Waals surface area (Å²) in [4.78, 5) is 1.85. The van der Waals surface area contributed by atoms with Crippen LogP contribution in [0.1, 0.15) is 24.1 Å². The Labute approximate surface area is 113 Å². The number of rotatable bonds is 3. The standard InChI is InChI=1S/C16H19FN2/c1-11-6-4-7-13(10-11)19(3)16-14(12(2)18)8-5-9-15(16)17/h4-10,12H,18H2,1-3H3/t12-/m0/s1. The zero-order chi connectivity index (χ0) is 14.0. The number of aryl methyl sites for hydroxylation is 1. The van der Waals surface area contributed by atoms with E-state index in [1.54, 1.807) is 6.07 Å². The van der Waals surface area contributed by atoms with Crippen molar-refractivity contribution >= 4 is 11.4 Å². The second-order valence-electron chi connectivity index (χ2n) is 4.86. The molecule has 2 rings (SSSR count). The number of halogens is 1. The van der Waals surface area contributed by atoms with Crippen LogP contribution in [0.5, 0.6) is 0 Å². The van der Waals surface area contributed by atoms with Crippen LogP contribution in [0, 0.1) is 12.7 Å². The molecule has 19 heavy (non-hydrogen) atoms. The normalized spacial score (nSPS) is 12.3. The summed E-state index contributed by atoms with van der Waals surface area (Å²) in [5.41, 5.74) is 9.38. The molecular formula is C16H19FN2. The van der Waals surface area contributed by atoms with Gasteiger partial charge in [0.1, 0.15) is 5.82 Å². The van der Waals surface area contributed by atoms with Crippen molar-refractivity contribution in [2.45, 2.75) is 19.9 Å². The fourth-order valence-corrected chi connectivity index (χ4v) is 2.22. The lowest BCUT2D eigenvalue weighted by Crippen LogP contribution is -2.17. The fourth-order valence-electron chi connectivity index (χ4n) is 2.22. The summed E-state index contributed by atoms with van der Waals surface area (Å²) in [6.45, 7) is 3.88. The Balaban J connectivity index is 2.52. The van der Waals surface area contributed by atoms with Crippen LogP contribution < -0.4 is 10.6 Å². The number of hydrogen-bond acceptors (Lipinski definition) is 2. The van der Waals surface area contributed by atoms with E-state index in [4.69, 9.17) is 5.73 Å². The van der Waals surface area contributed by atoms with Crippen molar-refractivity contribution in [1.29, 1.82) is 0 Å². The molecule has 0 fully saturated rings. The lowest BCUT2D eigenvalue weighted by molar-refractivity contribution is 0.622. The first-order valence-corrected chi connectivity index (χ1v) is 6.35. The molecule has 0 unspecified atom stereocenters. The highest BCUT2D eigenvalue weighted by Gasteiger charge is 2.16. The quantitative estimate of drug-likeness (QED) is 0.904. The van der Waals surface area contributed by atoms with Gasteiger partial charge in [0.2, 0.25) is 0 Å². The minimum Gasteiger partial charge on any atom is -0.342 e. The molecule has 2 aromatic carbocycles. The van der Waals surface area contributed by atoms with Crippen molar-refractivity contribution in [3.05, 3.63) is 59.4 Å². The molecule has 0 heterocycles. The van der Waals surface area contributed by atoms with E-state index in [0.717, 1.165) is 16.8 Å². The van der Waals surface area contributed by atoms with Crippen LogP contribution in [-0.2, 0) is 0 Å². The largest absolute Gasteiger partial charge is 0.342 e. The maximum Gasteiger partial charge on any atom is 0.147 e. The Morgan fingerprint density at radius 1 is 1.16 bits per heavy atom. The zero-order valence-corrected chi connectivity index (χ0v) is 11.5. The van der Waals surface area contributed by atoms with Crippen LogP contribution in [-0.4, -0.2) is 7.05 Å². The third-order valence-corrected chi connectivity index (χ3v) is 3.23. The average Bonchev–Trinajstić information content (AvgIpc) is 2.37. The molecule has 0 spiro atoms. The highest BCUT2D eigenvalue weighted by atomic mass is 19.1. The van der Waals surface area contributed by atoms with E-state index in [2.05, 4.69) is 0 Å². The predicted octanol–water partition coefficient (Wildman–Crippen LogP) is 3.92. The molecule has 0 aromatic heterocycles. The molecule has 0 aliphatic carbocycles. The van der Waals surface area contributed by atoms with Gasteiger partial charge in [-0.15, -0.1) is 0 Å². The van der Waals surface area contributed by atoms with Gasteiger partial charge in [-0.3, -0.25) is 0 Å².